The lowest BCUT2D eigenvalue weighted by Crippen LogP contribution is -2.23. The minimum absolute atomic E-state index is 0.280. The SMILES string of the molecule is O=C(Nc1ccc(F)cc1)c1nnc(CSC(=S)N2CCCC2)s1. The van der Waals surface area contributed by atoms with Gasteiger partial charge in [-0.1, -0.05) is 35.3 Å². The number of thiocarbonyl (C=S) groups is 1. The molecule has 1 amide bonds. The molecule has 2 heterocycles. The van der Waals surface area contributed by atoms with E-state index in [9.17, 15) is 9.18 Å². The summed E-state index contributed by atoms with van der Waals surface area (Å²) in [4.78, 5) is 14.3. The zero-order chi connectivity index (χ0) is 16.9. The molecule has 2 aromatic rings. The number of aromatic nitrogens is 2. The van der Waals surface area contributed by atoms with Crippen molar-refractivity contribution in [3.05, 3.63) is 40.1 Å². The van der Waals surface area contributed by atoms with Gasteiger partial charge in [0.05, 0.1) is 5.75 Å². The van der Waals surface area contributed by atoms with Crippen molar-refractivity contribution < 1.29 is 9.18 Å². The van der Waals surface area contributed by atoms with Gasteiger partial charge in [-0.3, -0.25) is 4.79 Å². The van der Waals surface area contributed by atoms with Crippen LogP contribution in [0.1, 0.15) is 27.7 Å². The van der Waals surface area contributed by atoms with Crippen LogP contribution < -0.4 is 5.32 Å². The third kappa shape index (κ3) is 4.49. The Morgan fingerprint density at radius 1 is 1.29 bits per heavy atom. The molecule has 0 unspecified atom stereocenters. The number of amides is 1. The van der Waals surface area contributed by atoms with E-state index in [0.29, 0.717) is 11.4 Å². The molecule has 0 aliphatic carbocycles. The number of carbonyl (C=O) groups is 1. The Morgan fingerprint density at radius 3 is 2.71 bits per heavy atom. The van der Waals surface area contributed by atoms with Crippen molar-refractivity contribution in [1.29, 1.82) is 0 Å². The highest BCUT2D eigenvalue weighted by Gasteiger charge is 2.17. The third-order valence-corrected chi connectivity index (χ3v) is 6.09. The van der Waals surface area contributed by atoms with Gasteiger partial charge < -0.3 is 10.2 Å². The highest BCUT2D eigenvalue weighted by molar-refractivity contribution is 8.22. The van der Waals surface area contributed by atoms with Crippen LogP contribution in [0.2, 0.25) is 0 Å². The summed E-state index contributed by atoms with van der Waals surface area (Å²) < 4.78 is 13.7. The second-order valence-electron chi connectivity index (χ2n) is 5.21. The van der Waals surface area contributed by atoms with E-state index in [2.05, 4.69) is 20.4 Å². The molecule has 0 saturated carbocycles. The van der Waals surface area contributed by atoms with Gasteiger partial charge in [0.2, 0.25) is 5.01 Å². The Bertz CT molecular complexity index is 729. The fourth-order valence-electron chi connectivity index (χ4n) is 2.24. The molecule has 0 atom stereocenters. The lowest BCUT2D eigenvalue weighted by Gasteiger charge is -2.16. The molecule has 3 rings (SSSR count). The molecule has 0 spiro atoms. The van der Waals surface area contributed by atoms with Crippen LogP contribution in [0.25, 0.3) is 0 Å². The molecular formula is C15H15FN4OS3. The quantitative estimate of drug-likeness (QED) is 0.816. The van der Waals surface area contributed by atoms with E-state index in [0.717, 1.165) is 22.4 Å². The number of benzene rings is 1. The first-order valence-corrected chi connectivity index (χ1v) is 9.64. The molecule has 1 N–H and O–H groups in total. The standard InChI is InChI=1S/C15H15FN4OS3/c16-10-3-5-11(6-4-10)17-13(21)14-19-18-12(24-14)9-23-15(22)20-7-1-2-8-20/h3-6H,1-2,7-9H2,(H,17,21). The highest BCUT2D eigenvalue weighted by Crippen LogP contribution is 2.22. The lowest BCUT2D eigenvalue weighted by molar-refractivity contribution is 0.102. The van der Waals surface area contributed by atoms with Gasteiger partial charge in [-0.05, 0) is 37.1 Å². The molecule has 5 nitrogen and oxygen atoms in total. The molecule has 1 aliphatic rings. The van der Waals surface area contributed by atoms with Gasteiger partial charge in [0.1, 0.15) is 15.1 Å². The van der Waals surface area contributed by atoms with E-state index in [-0.39, 0.29) is 16.7 Å². The lowest BCUT2D eigenvalue weighted by atomic mass is 10.3. The van der Waals surface area contributed by atoms with Gasteiger partial charge in [0.25, 0.3) is 5.91 Å². The van der Waals surface area contributed by atoms with Crippen LogP contribution in [0.3, 0.4) is 0 Å². The normalized spacial score (nSPS) is 14.0. The first kappa shape index (κ1) is 17.2. The van der Waals surface area contributed by atoms with E-state index in [1.807, 2.05) is 0 Å². The number of nitrogens with one attached hydrogen (secondary N) is 1. The molecule has 1 aromatic carbocycles. The summed E-state index contributed by atoms with van der Waals surface area (Å²) in [5, 5.41) is 11.7. The Hall–Kier alpha value is -1.58. The topological polar surface area (TPSA) is 58.1 Å². The van der Waals surface area contributed by atoms with Gasteiger partial charge >= 0.3 is 0 Å². The number of anilines is 1. The average Bonchev–Trinajstić information content (AvgIpc) is 3.26. The maximum atomic E-state index is 12.9. The number of hydrogen-bond acceptors (Lipinski definition) is 6. The van der Waals surface area contributed by atoms with Gasteiger partial charge in [-0.25, -0.2) is 4.39 Å². The van der Waals surface area contributed by atoms with Crippen molar-refractivity contribution in [2.75, 3.05) is 18.4 Å². The summed E-state index contributed by atoms with van der Waals surface area (Å²) in [5.74, 6) is -0.0914. The van der Waals surface area contributed by atoms with Crippen LogP contribution in [-0.2, 0) is 5.75 Å². The molecule has 1 fully saturated rings. The maximum Gasteiger partial charge on any atom is 0.286 e. The summed E-state index contributed by atoms with van der Waals surface area (Å²) in [6.07, 6.45) is 2.38. The van der Waals surface area contributed by atoms with Gasteiger partial charge in [0, 0.05) is 18.8 Å². The molecule has 24 heavy (non-hydrogen) atoms. The van der Waals surface area contributed by atoms with E-state index in [4.69, 9.17) is 12.2 Å². The molecule has 1 aromatic heterocycles. The zero-order valence-electron chi connectivity index (χ0n) is 12.7. The molecule has 9 heteroatoms. The minimum atomic E-state index is -0.350. The third-order valence-electron chi connectivity index (χ3n) is 3.45. The number of nitrogens with zero attached hydrogens (tertiary/aromatic N) is 3. The molecule has 126 valence electrons. The van der Waals surface area contributed by atoms with E-state index < -0.39 is 0 Å². The van der Waals surface area contributed by atoms with E-state index in [1.165, 1.54) is 48.4 Å². The van der Waals surface area contributed by atoms with Crippen molar-refractivity contribution in [2.45, 2.75) is 18.6 Å². The Labute approximate surface area is 152 Å². The number of likely N-dealkylation sites (tertiary alicyclic amines) is 1. The molecule has 1 saturated heterocycles. The van der Waals surface area contributed by atoms with Crippen LogP contribution in [-0.4, -0.2) is 38.4 Å². The molecule has 0 bridgehead atoms. The first-order chi connectivity index (χ1) is 11.6. The summed E-state index contributed by atoms with van der Waals surface area (Å²) in [6, 6.07) is 5.58. The number of halogens is 1. The second-order valence-corrected chi connectivity index (χ2v) is 7.88. The zero-order valence-corrected chi connectivity index (χ0v) is 15.1. The number of hydrogen-bond donors (Lipinski definition) is 1. The van der Waals surface area contributed by atoms with Crippen molar-refractivity contribution in [1.82, 2.24) is 15.1 Å². The van der Waals surface area contributed by atoms with Crippen LogP contribution >= 0.6 is 35.3 Å². The van der Waals surface area contributed by atoms with Crippen LogP contribution in [0.4, 0.5) is 10.1 Å². The Balaban J connectivity index is 1.53. The van der Waals surface area contributed by atoms with Crippen LogP contribution in [0.15, 0.2) is 24.3 Å². The van der Waals surface area contributed by atoms with E-state index in [1.54, 1.807) is 11.8 Å². The second kappa shape index (κ2) is 8.00. The maximum absolute atomic E-state index is 12.9. The Morgan fingerprint density at radius 2 is 2.00 bits per heavy atom. The average molecular weight is 383 g/mol. The molecular weight excluding hydrogens is 367 g/mol. The highest BCUT2D eigenvalue weighted by atomic mass is 32.2. The first-order valence-electron chi connectivity index (χ1n) is 7.43. The van der Waals surface area contributed by atoms with Crippen molar-refractivity contribution in [3.8, 4) is 0 Å². The summed E-state index contributed by atoms with van der Waals surface area (Å²) in [6.45, 7) is 2.04. The van der Waals surface area contributed by atoms with Gasteiger partial charge in [-0.2, -0.15) is 0 Å². The monoisotopic (exact) mass is 382 g/mol. The van der Waals surface area contributed by atoms with Crippen molar-refractivity contribution in [2.24, 2.45) is 0 Å². The van der Waals surface area contributed by atoms with Crippen LogP contribution in [0, 0.1) is 5.82 Å². The summed E-state index contributed by atoms with van der Waals surface area (Å²) in [7, 11) is 0. The fraction of sp³-hybridized carbons (Fsp3) is 0.333. The summed E-state index contributed by atoms with van der Waals surface area (Å²) in [5.41, 5.74) is 0.516. The Kier molecular flexibility index (Phi) is 5.75. The fourth-order valence-corrected chi connectivity index (χ4v) is 4.21. The van der Waals surface area contributed by atoms with Crippen LogP contribution in [0.5, 0.6) is 0 Å². The van der Waals surface area contributed by atoms with Gasteiger partial charge in [-0.15, -0.1) is 10.2 Å². The van der Waals surface area contributed by atoms with Crippen molar-refractivity contribution >= 4 is 51.2 Å². The van der Waals surface area contributed by atoms with Crippen molar-refractivity contribution in [3.63, 3.8) is 0 Å². The smallest absolute Gasteiger partial charge is 0.286 e. The van der Waals surface area contributed by atoms with Gasteiger partial charge in [0.15, 0.2) is 0 Å². The van der Waals surface area contributed by atoms with E-state index >= 15 is 0 Å². The number of carbonyl (C=O) groups excluding carboxylic acids is 1. The minimum Gasteiger partial charge on any atom is -0.358 e. The summed E-state index contributed by atoms with van der Waals surface area (Å²) >= 11 is 8.19. The molecule has 0 radical (unpaired) electrons. The number of thioether (sulfide) groups is 1. The predicted molar refractivity (Wildman–Crippen MR) is 99.0 cm³/mol. The number of rotatable bonds is 4. The predicted octanol–water partition coefficient (Wildman–Crippen LogP) is 3.54. The largest absolute Gasteiger partial charge is 0.358 e. The molecule has 1 aliphatic heterocycles.